The minimum Gasteiger partial charge on any atom is -0.393 e. The van der Waals surface area contributed by atoms with Gasteiger partial charge in [0.1, 0.15) is 0 Å². The molecule has 0 aromatic heterocycles. The molecular weight excluding hydrogens is 196 g/mol. The second kappa shape index (κ2) is 4.78. The van der Waals surface area contributed by atoms with Crippen molar-refractivity contribution in [3.05, 3.63) is 0 Å². The Kier molecular flexibility index (Phi) is 3.61. The fourth-order valence-corrected chi connectivity index (χ4v) is 2.20. The van der Waals surface area contributed by atoms with Crippen molar-refractivity contribution < 1.29 is 19.7 Å². The summed E-state index contributed by atoms with van der Waals surface area (Å²) in [4.78, 5) is 0. The summed E-state index contributed by atoms with van der Waals surface area (Å²) in [6.07, 6.45) is 3.49. The predicted octanol–water partition coefficient (Wildman–Crippen LogP) is 0.458. The van der Waals surface area contributed by atoms with Crippen LogP contribution in [-0.4, -0.2) is 47.8 Å². The predicted molar refractivity (Wildman–Crippen MR) is 54.6 cm³/mol. The standard InChI is InChI=1S/C11H20O4/c12-9-1-4-11(13,5-2-9)8-15-10-3-6-14-7-10/h9-10,12-13H,1-8H2. The molecule has 4 heteroatoms. The molecule has 1 heterocycles. The molecule has 15 heavy (non-hydrogen) atoms. The number of ether oxygens (including phenoxy) is 2. The quantitative estimate of drug-likeness (QED) is 0.719. The maximum absolute atomic E-state index is 10.2. The van der Waals surface area contributed by atoms with E-state index in [4.69, 9.17) is 9.47 Å². The van der Waals surface area contributed by atoms with Crippen LogP contribution in [0.3, 0.4) is 0 Å². The van der Waals surface area contributed by atoms with Crippen molar-refractivity contribution in [3.8, 4) is 0 Å². The van der Waals surface area contributed by atoms with E-state index in [1.165, 1.54) is 0 Å². The molecule has 1 aliphatic carbocycles. The summed E-state index contributed by atoms with van der Waals surface area (Å²) in [5.74, 6) is 0. The van der Waals surface area contributed by atoms with Gasteiger partial charge in [-0.05, 0) is 32.1 Å². The first kappa shape index (κ1) is 11.3. The topological polar surface area (TPSA) is 58.9 Å². The highest BCUT2D eigenvalue weighted by Gasteiger charge is 2.33. The molecule has 1 atom stereocenters. The van der Waals surface area contributed by atoms with E-state index < -0.39 is 5.60 Å². The van der Waals surface area contributed by atoms with Crippen LogP contribution >= 0.6 is 0 Å². The Morgan fingerprint density at radius 2 is 2.00 bits per heavy atom. The molecule has 2 N–H and O–H groups in total. The van der Waals surface area contributed by atoms with Gasteiger partial charge in [0.05, 0.1) is 31.0 Å². The van der Waals surface area contributed by atoms with Gasteiger partial charge in [-0.3, -0.25) is 0 Å². The molecule has 1 saturated heterocycles. The smallest absolute Gasteiger partial charge is 0.0882 e. The van der Waals surface area contributed by atoms with Crippen LogP contribution in [0.25, 0.3) is 0 Å². The van der Waals surface area contributed by atoms with E-state index in [-0.39, 0.29) is 12.2 Å². The highest BCUT2D eigenvalue weighted by atomic mass is 16.5. The van der Waals surface area contributed by atoms with Gasteiger partial charge < -0.3 is 19.7 Å². The summed E-state index contributed by atoms with van der Waals surface area (Å²) in [7, 11) is 0. The Bertz CT molecular complexity index is 193. The normalized spacial score (nSPS) is 42.0. The van der Waals surface area contributed by atoms with Crippen molar-refractivity contribution in [3.63, 3.8) is 0 Å². The van der Waals surface area contributed by atoms with Gasteiger partial charge in [0.25, 0.3) is 0 Å². The molecule has 0 radical (unpaired) electrons. The summed E-state index contributed by atoms with van der Waals surface area (Å²) in [6.45, 7) is 1.80. The lowest BCUT2D eigenvalue weighted by Gasteiger charge is -2.34. The minimum absolute atomic E-state index is 0.154. The maximum Gasteiger partial charge on any atom is 0.0882 e. The average molecular weight is 216 g/mol. The third-order valence-electron chi connectivity index (χ3n) is 3.36. The van der Waals surface area contributed by atoms with Crippen LogP contribution in [0.4, 0.5) is 0 Å². The van der Waals surface area contributed by atoms with E-state index >= 15 is 0 Å². The molecule has 1 unspecified atom stereocenters. The molecule has 1 saturated carbocycles. The Morgan fingerprint density at radius 1 is 1.27 bits per heavy atom. The minimum atomic E-state index is -0.720. The summed E-state index contributed by atoms with van der Waals surface area (Å²) < 4.78 is 10.8. The first-order chi connectivity index (χ1) is 7.18. The van der Waals surface area contributed by atoms with Gasteiger partial charge in [-0.1, -0.05) is 0 Å². The third-order valence-corrected chi connectivity index (χ3v) is 3.36. The lowest BCUT2D eigenvalue weighted by Crippen LogP contribution is -2.41. The Morgan fingerprint density at radius 3 is 2.60 bits per heavy atom. The van der Waals surface area contributed by atoms with Crippen molar-refractivity contribution in [1.29, 1.82) is 0 Å². The first-order valence-electron chi connectivity index (χ1n) is 5.78. The van der Waals surface area contributed by atoms with Gasteiger partial charge in [-0.25, -0.2) is 0 Å². The zero-order chi connectivity index (χ0) is 10.7. The SMILES string of the molecule is OC1CCC(O)(COC2CCOC2)CC1. The summed E-state index contributed by atoms with van der Waals surface area (Å²) >= 11 is 0. The van der Waals surface area contributed by atoms with Gasteiger partial charge in [0.2, 0.25) is 0 Å². The number of aliphatic hydroxyl groups is 2. The van der Waals surface area contributed by atoms with Crippen LogP contribution in [0.2, 0.25) is 0 Å². The zero-order valence-electron chi connectivity index (χ0n) is 9.02. The van der Waals surface area contributed by atoms with Crippen LogP contribution in [0.5, 0.6) is 0 Å². The molecule has 0 amide bonds. The highest BCUT2D eigenvalue weighted by Crippen LogP contribution is 2.29. The van der Waals surface area contributed by atoms with Crippen molar-refractivity contribution in [2.24, 2.45) is 0 Å². The Labute approximate surface area is 90.2 Å². The molecule has 1 aliphatic heterocycles. The fraction of sp³-hybridized carbons (Fsp3) is 1.00. The molecule has 0 bridgehead atoms. The lowest BCUT2D eigenvalue weighted by atomic mass is 9.84. The van der Waals surface area contributed by atoms with Crippen LogP contribution in [0.15, 0.2) is 0 Å². The van der Waals surface area contributed by atoms with Crippen molar-refractivity contribution in [2.45, 2.75) is 49.9 Å². The summed E-state index contributed by atoms with van der Waals surface area (Å²) in [5.41, 5.74) is -0.720. The van der Waals surface area contributed by atoms with Crippen LogP contribution < -0.4 is 0 Å². The van der Waals surface area contributed by atoms with E-state index in [9.17, 15) is 10.2 Å². The van der Waals surface area contributed by atoms with E-state index in [0.717, 1.165) is 13.0 Å². The van der Waals surface area contributed by atoms with E-state index in [1.54, 1.807) is 0 Å². The van der Waals surface area contributed by atoms with Gasteiger partial charge in [-0.15, -0.1) is 0 Å². The van der Waals surface area contributed by atoms with Crippen molar-refractivity contribution in [1.82, 2.24) is 0 Å². The van der Waals surface area contributed by atoms with Crippen molar-refractivity contribution >= 4 is 0 Å². The van der Waals surface area contributed by atoms with Crippen molar-refractivity contribution in [2.75, 3.05) is 19.8 Å². The van der Waals surface area contributed by atoms with Crippen LogP contribution in [-0.2, 0) is 9.47 Å². The van der Waals surface area contributed by atoms with Gasteiger partial charge >= 0.3 is 0 Å². The second-order valence-corrected chi connectivity index (χ2v) is 4.75. The molecule has 2 fully saturated rings. The van der Waals surface area contributed by atoms with Crippen LogP contribution in [0, 0.1) is 0 Å². The average Bonchev–Trinajstić information content (AvgIpc) is 2.73. The highest BCUT2D eigenvalue weighted by molar-refractivity contribution is 4.85. The number of hydrogen-bond donors (Lipinski definition) is 2. The monoisotopic (exact) mass is 216 g/mol. The molecule has 0 spiro atoms. The molecule has 0 aromatic rings. The maximum atomic E-state index is 10.2. The number of aliphatic hydroxyl groups excluding tert-OH is 1. The number of rotatable bonds is 3. The second-order valence-electron chi connectivity index (χ2n) is 4.75. The largest absolute Gasteiger partial charge is 0.393 e. The molecule has 88 valence electrons. The zero-order valence-corrected chi connectivity index (χ0v) is 9.02. The number of hydrogen-bond acceptors (Lipinski definition) is 4. The summed E-state index contributed by atoms with van der Waals surface area (Å²) in [5, 5.41) is 19.5. The molecule has 2 rings (SSSR count). The van der Waals surface area contributed by atoms with Gasteiger partial charge in [0, 0.05) is 6.61 Å². The molecule has 0 aromatic carbocycles. The summed E-state index contributed by atoms with van der Waals surface area (Å²) in [6, 6.07) is 0. The third kappa shape index (κ3) is 3.14. The van der Waals surface area contributed by atoms with Gasteiger partial charge in [-0.2, -0.15) is 0 Å². The lowest BCUT2D eigenvalue weighted by molar-refractivity contribution is -0.104. The molecule has 2 aliphatic rings. The van der Waals surface area contributed by atoms with Crippen LogP contribution in [0.1, 0.15) is 32.1 Å². The van der Waals surface area contributed by atoms with Gasteiger partial charge in [0.15, 0.2) is 0 Å². The first-order valence-corrected chi connectivity index (χ1v) is 5.78. The van der Waals surface area contributed by atoms with E-state index in [1.807, 2.05) is 0 Å². The Hall–Kier alpha value is -0.160. The molecular formula is C11H20O4. The molecule has 4 nitrogen and oxygen atoms in total. The van der Waals surface area contributed by atoms with E-state index in [0.29, 0.717) is 38.9 Å². The fourth-order valence-electron chi connectivity index (χ4n) is 2.20. The van der Waals surface area contributed by atoms with E-state index in [2.05, 4.69) is 0 Å². The Balaban J connectivity index is 1.72.